The lowest BCUT2D eigenvalue weighted by Gasteiger charge is -2.05. The second kappa shape index (κ2) is 5.99. The Balaban J connectivity index is 1.96. The summed E-state index contributed by atoms with van der Waals surface area (Å²) in [6, 6.07) is 10.7. The van der Waals surface area contributed by atoms with Gasteiger partial charge in [-0.25, -0.2) is 18.3 Å². The van der Waals surface area contributed by atoms with E-state index in [1.54, 1.807) is 30.5 Å². The number of rotatable bonds is 3. The predicted octanol–water partition coefficient (Wildman–Crippen LogP) is 3.83. The summed E-state index contributed by atoms with van der Waals surface area (Å²) in [5, 5.41) is 4.32. The Morgan fingerprint density at radius 2 is 1.91 bits per heavy atom. The van der Waals surface area contributed by atoms with E-state index < -0.39 is 11.6 Å². The van der Waals surface area contributed by atoms with Gasteiger partial charge < -0.3 is 5.73 Å². The monoisotopic (exact) mass is 310 g/mol. The summed E-state index contributed by atoms with van der Waals surface area (Å²) in [6.45, 7) is 6.98. The molecule has 3 rings (SSSR count). The van der Waals surface area contributed by atoms with E-state index in [0.717, 1.165) is 0 Å². The van der Waals surface area contributed by atoms with Crippen LogP contribution < -0.4 is 5.73 Å². The first-order chi connectivity index (χ1) is 11.1. The molecule has 1 heterocycles. The molecule has 4 nitrogen and oxygen atoms in total. The highest BCUT2D eigenvalue weighted by Gasteiger charge is 2.09. The Labute approximate surface area is 131 Å². The van der Waals surface area contributed by atoms with Crippen LogP contribution in [0.3, 0.4) is 0 Å². The fourth-order valence-corrected chi connectivity index (χ4v) is 2.22. The molecule has 0 spiro atoms. The lowest BCUT2D eigenvalue weighted by Crippen LogP contribution is -2.02. The fourth-order valence-electron chi connectivity index (χ4n) is 2.22. The highest BCUT2D eigenvalue weighted by molar-refractivity contribution is 5.63. The van der Waals surface area contributed by atoms with Gasteiger partial charge in [0.2, 0.25) is 5.69 Å². The smallest absolute Gasteiger partial charge is 0.222 e. The van der Waals surface area contributed by atoms with Gasteiger partial charge in [0, 0.05) is 23.9 Å². The van der Waals surface area contributed by atoms with Crippen molar-refractivity contribution in [3.8, 4) is 16.9 Å². The third-order valence-corrected chi connectivity index (χ3v) is 3.47. The van der Waals surface area contributed by atoms with Gasteiger partial charge in [-0.15, -0.1) is 0 Å². The van der Waals surface area contributed by atoms with Crippen LogP contribution in [-0.2, 0) is 6.54 Å². The average molecular weight is 310 g/mol. The molecule has 0 amide bonds. The molecule has 0 atom stereocenters. The summed E-state index contributed by atoms with van der Waals surface area (Å²) in [4.78, 5) is 3.08. The third-order valence-electron chi connectivity index (χ3n) is 3.47. The SMILES string of the molecule is [C-]#[N+]c1ccc(-c2ccn(-c3ccc(CN)c(F)c3)n2)cc1F. The number of halogens is 2. The van der Waals surface area contributed by atoms with E-state index in [0.29, 0.717) is 22.5 Å². The van der Waals surface area contributed by atoms with Gasteiger partial charge in [0.05, 0.1) is 18.0 Å². The molecule has 0 aliphatic rings. The summed E-state index contributed by atoms with van der Waals surface area (Å²) < 4.78 is 29.0. The van der Waals surface area contributed by atoms with Crippen molar-refractivity contribution in [1.82, 2.24) is 9.78 Å². The van der Waals surface area contributed by atoms with Gasteiger partial charge in [-0.2, -0.15) is 5.10 Å². The van der Waals surface area contributed by atoms with Crippen LogP contribution in [0.4, 0.5) is 14.5 Å². The Bertz CT molecular complexity index is 909. The molecule has 0 aliphatic carbocycles. The second-order valence-electron chi connectivity index (χ2n) is 4.90. The third kappa shape index (κ3) is 2.82. The molecular weight excluding hydrogens is 298 g/mol. The molecule has 3 aromatic rings. The summed E-state index contributed by atoms with van der Waals surface area (Å²) in [5.41, 5.74) is 7.46. The Hall–Kier alpha value is -3.04. The van der Waals surface area contributed by atoms with Gasteiger partial charge in [0.15, 0.2) is 0 Å². The average Bonchev–Trinajstić information content (AvgIpc) is 3.04. The van der Waals surface area contributed by atoms with Crippen LogP contribution >= 0.6 is 0 Å². The van der Waals surface area contributed by atoms with Gasteiger partial charge in [-0.05, 0) is 24.3 Å². The highest BCUT2D eigenvalue weighted by Crippen LogP contribution is 2.25. The number of benzene rings is 2. The molecule has 2 N–H and O–H groups in total. The molecule has 114 valence electrons. The molecule has 0 saturated heterocycles. The van der Waals surface area contributed by atoms with Crippen molar-refractivity contribution >= 4 is 5.69 Å². The van der Waals surface area contributed by atoms with Gasteiger partial charge in [-0.1, -0.05) is 18.2 Å². The second-order valence-corrected chi connectivity index (χ2v) is 4.90. The quantitative estimate of drug-likeness (QED) is 0.747. The van der Waals surface area contributed by atoms with Crippen molar-refractivity contribution in [2.24, 2.45) is 5.73 Å². The zero-order chi connectivity index (χ0) is 16.4. The summed E-state index contributed by atoms with van der Waals surface area (Å²) >= 11 is 0. The van der Waals surface area contributed by atoms with Crippen molar-refractivity contribution < 1.29 is 8.78 Å². The lowest BCUT2D eigenvalue weighted by molar-refractivity contribution is 0.608. The zero-order valence-corrected chi connectivity index (χ0v) is 12.0. The molecule has 0 radical (unpaired) electrons. The minimum absolute atomic E-state index is 0.0346. The van der Waals surface area contributed by atoms with E-state index in [4.69, 9.17) is 12.3 Å². The van der Waals surface area contributed by atoms with Crippen molar-refractivity contribution in [3.63, 3.8) is 0 Å². The molecule has 6 heteroatoms. The minimum Gasteiger partial charge on any atom is -0.326 e. The maximum atomic E-state index is 13.8. The number of nitrogens with zero attached hydrogens (tertiary/aromatic N) is 3. The van der Waals surface area contributed by atoms with Crippen molar-refractivity contribution in [3.05, 3.63) is 77.3 Å². The Morgan fingerprint density at radius 1 is 1.09 bits per heavy atom. The molecule has 0 fully saturated rings. The van der Waals surface area contributed by atoms with E-state index in [-0.39, 0.29) is 12.2 Å². The molecule has 23 heavy (non-hydrogen) atoms. The normalized spacial score (nSPS) is 10.5. The van der Waals surface area contributed by atoms with Gasteiger partial charge in [0.25, 0.3) is 0 Å². The van der Waals surface area contributed by atoms with Crippen LogP contribution in [0.15, 0.2) is 48.7 Å². The van der Waals surface area contributed by atoms with Crippen LogP contribution in [-0.4, -0.2) is 9.78 Å². The number of aromatic nitrogens is 2. The molecule has 0 aliphatic heterocycles. The Kier molecular flexibility index (Phi) is 3.87. The lowest BCUT2D eigenvalue weighted by atomic mass is 10.1. The largest absolute Gasteiger partial charge is 0.326 e. The van der Waals surface area contributed by atoms with Crippen LogP contribution in [0.2, 0.25) is 0 Å². The van der Waals surface area contributed by atoms with E-state index in [2.05, 4.69) is 9.94 Å². The molecule has 0 bridgehead atoms. The van der Waals surface area contributed by atoms with Crippen LogP contribution in [0.1, 0.15) is 5.56 Å². The topological polar surface area (TPSA) is 48.2 Å². The maximum Gasteiger partial charge on any atom is 0.222 e. The van der Waals surface area contributed by atoms with Gasteiger partial charge in [0.1, 0.15) is 11.6 Å². The van der Waals surface area contributed by atoms with E-state index in [1.807, 2.05) is 0 Å². The number of hydrogen-bond donors (Lipinski definition) is 1. The standard InChI is InChI=1S/C17H12F2N4/c1-21-17-5-3-11(8-15(17)19)16-6-7-23(22-16)13-4-2-12(10-20)14(18)9-13/h2-9H,10,20H2. The summed E-state index contributed by atoms with van der Waals surface area (Å²) in [6.07, 6.45) is 1.66. The van der Waals surface area contributed by atoms with Crippen molar-refractivity contribution in [2.75, 3.05) is 0 Å². The fraction of sp³-hybridized carbons (Fsp3) is 0.0588. The molecule has 0 unspecified atom stereocenters. The van der Waals surface area contributed by atoms with E-state index in [1.165, 1.54) is 22.9 Å². The Morgan fingerprint density at radius 3 is 2.57 bits per heavy atom. The van der Waals surface area contributed by atoms with E-state index in [9.17, 15) is 8.78 Å². The summed E-state index contributed by atoms with van der Waals surface area (Å²) in [7, 11) is 0. The van der Waals surface area contributed by atoms with Crippen molar-refractivity contribution in [2.45, 2.75) is 6.54 Å². The van der Waals surface area contributed by atoms with E-state index >= 15 is 0 Å². The predicted molar refractivity (Wildman–Crippen MR) is 83.1 cm³/mol. The summed E-state index contributed by atoms with van der Waals surface area (Å²) in [5.74, 6) is -0.986. The van der Waals surface area contributed by atoms with Crippen molar-refractivity contribution in [1.29, 1.82) is 0 Å². The van der Waals surface area contributed by atoms with Gasteiger partial charge in [-0.3, -0.25) is 0 Å². The molecule has 0 saturated carbocycles. The maximum absolute atomic E-state index is 13.8. The zero-order valence-electron chi connectivity index (χ0n) is 12.0. The highest BCUT2D eigenvalue weighted by atomic mass is 19.1. The van der Waals surface area contributed by atoms with Crippen LogP contribution in [0.25, 0.3) is 21.8 Å². The minimum atomic E-state index is -0.592. The van der Waals surface area contributed by atoms with Crippen LogP contribution in [0, 0.1) is 18.2 Å². The molecule has 1 aromatic heterocycles. The number of hydrogen-bond acceptors (Lipinski definition) is 2. The number of nitrogens with two attached hydrogens (primary N) is 1. The molecule has 2 aromatic carbocycles. The first-order valence-corrected chi connectivity index (χ1v) is 6.84. The first kappa shape index (κ1) is 14.9. The first-order valence-electron chi connectivity index (χ1n) is 6.84. The van der Waals surface area contributed by atoms with Crippen LogP contribution in [0.5, 0.6) is 0 Å². The molecular formula is C17H12F2N4. The van der Waals surface area contributed by atoms with Gasteiger partial charge >= 0.3 is 0 Å².